The van der Waals surface area contributed by atoms with Crippen LogP contribution in [0.4, 0.5) is 5.82 Å². The van der Waals surface area contributed by atoms with Gasteiger partial charge in [-0.05, 0) is 69.5 Å². The summed E-state index contributed by atoms with van der Waals surface area (Å²) in [6, 6.07) is 7.92. The van der Waals surface area contributed by atoms with Crippen LogP contribution in [0.2, 0.25) is 5.02 Å². The van der Waals surface area contributed by atoms with Crippen LogP contribution in [0.5, 0.6) is 0 Å². The summed E-state index contributed by atoms with van der Waals surface area (Å²) in [7, 11) is 0. The highest BCUT2D eigenvalue weighted by Crippen LogP contribution is 2.44. The Morgan fingerprint density at radius 3 is 2.69 bits per heavy atom. The van der Waals surface area contributed by atoms with E-state index in [1.165, 1.54) is 38.8 Å². The summed E-state index contributed by atoms with van der Waals surface area (Å²) in [4.78, 5) is 14.8. The van der Waals surface area contributed by atoms with Gasteiger partial charge in [-0.3, -0.25) is 4.68 Å². The fourth-order valence-corrected chi connectivity index (χ4v) is 5.23. The number of aromatic nitrogens is 4. The van der Waals surface area contributed by atoms with Crippen LogP contribution in [-0.4, -0.2) is 70.6 Å². The van der Waals surface area contributed by atoms with Gasteiger partial charge >= 0.3 is 0 Å². The van der Waals surface area contributed by atoms with Gasteiger partial charge in [0.25, 0.3) is 0 Å². The number of anilines is 1. The molecule has 8 heteroatoms. The second-order valence-corrected chi connectivity index (χ2v) is 9.77. The first-order valence-corrected chi connectivity index (χ1v) is 12.2. The zero-order chi connectivity index (χ0) is 21.5. The number of fused-ring (bicyclic) bond motifs is 1. The zero-order valence-corrected chi connectivity index (χ0v) is 19.1. The van der Waals surface area contributed by atoms with E-state index in [9.17, 15) is 0 Å². The third-order valence-corrected chi connectivity index (χ3v) is 7.24. The molecule has 168 valence electrons. The summed E-state index contributed by atoms with van der Waals surface area (Å²) in [6.07, 6.45) is 8.12. The van der Waals surface area contributed by atoms with E-state index in [0.717, 1.165) is 55.1 Å². The van der Waals surface area contributed by atoms with Crippen molar-refractivity contribution in [3.63, 3.8) is 0 Å². The summed E-state index contributed by atoms with van der Waals surface area (Å²) in [5.41, 5.74) is 1.83. The Labute approximate surface area is 193 Å². The van der Waals surface area contributed by atoms with E-state index >= 15 is 0 Å². The molecule has 4 heterocycles. The molecule has 3 aliphatic rings. The van der Waals surface area contributed by atoms with Gasteiger partial charge in [-0.2, -0.15) is 5.10 Å². The quantitative estimate of drug-likeness (QED) is 0.584. The van der Waals surface area contributed by atoms with Crippen molar-refractivity contribution >= 4 is 28.3 Å². The van der Waals surface area contributed by atoms with Crippen molar-refractivity contribution in [2.24, 2.45) is 0 Å². The van der Waals surface area contributed by atoms with Crippen molar-refractivity contribution in [3.8, 4) is 11.5 Å². The fraction of sp³-hybridized carbons (Fsp3) is 0.542. The van der Waals surface area contributed by atoms with E-state index in [4.69, 9.17) is 31.4 Å². The van der Waals surface area contributed by atoms with Gasteiger partial charge in [0.1, 0.15) is 11.5 Å². The monoisotopic (exact) mass is 452 g/mol. The maximum Gasteiger partial charge on any atom is 0.182 e. The van der Waals surface area contributed by atoms with Crippen LogP contribution < -0.4 is 4.90 Å². The van der Waals surface area contributed by atoms with Crippen molar-refractivity contribution < 1.29 is 4.74 Å². The van der Waals surface area contributed by atoms with Crippen LogP contribution in [0, 0.1) is 0 Å². The molecule has 1 saturated carbocycles. The van der Waals surface area contributed by atoms with Crippen molar-refractivity contribution in [3.05, 3.63) is 35.5 Å². The molecule has 0 bridgehead atoms. The van der Waals surface area contributed by atoms with Gasteiger partial charge in [-0.1, -0.05) is 11.6 Å². The van der Waals surface area contributed by atoms with Gasteiger partial charge in [0.05, 0.1) is 17.7 Å². The summed E-state index contributed by atoms with van der Waals surface area (Å²) in [6.45, 7) is 6.77. The molecular weight excluding hydrogens is 424 g/mol. The van der Waals surface area contributed by atoms with Crippen LogP contribution in [-0.2, 0) is 10.3 Å². The summed E-state index contributed by atoms with van der Waals surface area (Å²) in [5, 5.41) is 6.68. The van der Waals surface area contributed by atoms with Gasteiger partial charge in [0.2, 0.25) is 0 Å². The Hall–Kier alpha value is -2.22. The van der Waals surface area contributed by atoms with Crippen molar-refractivity contribution in [1.29, 1.82) is 0 Å². The molecule has 32 heavy (non-hydrogen) atoms. The molecule has 0 amide bonds. The standard InChI is InChI=1S/C24H29ClN6O/c25-18-4-5-19-21(16-18)26-22(27-23(19)30-11-3-14-32-15-13-30)20-6-12-31(28-20)24(7-8-24)17-29-9-1-2-10-29/h4-6,12,16H,1-3,7-11,13-15,17H2. The normalized spacial score (nSPS) is 21.2. The molecule has 3 aromatic rings. The highest BCUT2D eigenvalue weighted by Gasteiger charge is 2.47. The lowest BCUT2D eigenvalue weighted by molar-refractivity contribution is 0.152. The van der Waals surface area contributed by atoms with Gasteiger partial charge in [0.15, 0.2) is 5.82 Å². The van der Waals surface area contributed by atoms with Gasteiger partial charge in [0, 0.05) is 42.8 Å². The lowest BCUT2D eigenvalue weighted by Crippen LogP contribution is -2.34. The van der Waals surface area contributed by atoms with Gasteiger partial charge < -0.3 is 14.5 Å². The molecule has 0 radical (unpaired) electrons. The third-order valence-electron chi connectivity index (χ3n) is 7.01. The van der Waals surface area contributed by atoms with E-state index < -0.39 is 0 Å². The Morgan fingerprint density at radius 1 is 0.969 bits per heavy atom. The molecule has 0 unspecified atom stereocenters. The zero-order valence-electron chi connectivity index (χ0n) is 18.3. The van der Waals surface area contributed by atoms with Crippen LogP contribution in [0.1, 0.15) is 32.1 Å². The summed E-state index contributed by atoms with van der Waals surface area (Å²) >= 11 is 6.32. The fourth-order valence-electron chi connectivity index (χ4n) is 5.07. The van der Waals surface area contributed by atoms with Crippen LogP contribution >= 0.6 is 11.6 Å². The largest absolute Gasteiger partial charge is 0.380 e. The van der Waals surface area contributed by atoms with Crippen molar-refractivity contribution in [2.45, 2.75) is 37.6 Å². The molecule has 1 aromatic carbocycles. The molecule has 1 aliphatic carbocycles. The maximum absolute atomic E-state index is 6.32. The lowest BCUT2D eigenvalue weighted by atomic mass is 10.2. The van der Waals surface area contributed by atoms with Crippen LogP contribution in [0.3, 0.4) is 0 Å². The Balaban J connectivity index is 1.36. The van der Waals surface area contributed by atoms with E-state index in [1.54, 1.807) is 0 Å². The van der Waals surface area contributed by atoms with Crippen molar-refractivity contribution in [1.82, 2.24) is 24.6 Å². The lowest BCUT2D eigenvalue weighted by Gasteiger charge is -2.23. The number of hydrogen-bond donors (Lipinski definition) is 0. The number of hydrogen-bond acceptors (Lipinski definition) is 6. The predicted octanol–water partition coefficient (Wildman–Crippen LogP) is 3.96. The molecular formula is C24H29ClN6O. The Kier molecular flexibility index (Phi) is 5.28. The molecule has 0 N–H and O–H groups in total. The summed E-state index contributed by atoms with van der Waals surface area (Å²) in [5.74, 6) is 1.61. The smallest absolute Gasteiger partial charge is 0.182 e. The molecule has 2 aliphatic heterocycles. The number of nitrogens with zero attached hydrogens (tertiary/aromatic N) is 6. The number of benzene rings is 1. The topological polar surface area (TPSA) is 59.3 Å². The molecule has 2 saturated heterocycles. The first-order chi connectivity index (χ1) is 15.7. The Bertz CT molecular complexity index is 1110. The average Bonchev–Trinajstić information content (AvgIpc) is 3.21. The summed E-state index contributed by atoms with van der Waals surface area (Å²) < 4.78 is 7.84. The second-order valence-electron chi connectivity index (χ2n) is 9.34. The minimum Gasteiger partial charge on any atom is -0.380 e. The minimum atomic E-state index is 0.147. The van der Waals surface area contributed by atoms with Crippen LogP contribution in [0.25, 0.3) is 22.4 Å². The SMILES string of the molecule is Clc1ccc2c(N3CCCOCC3)nc(-c3ccn(C4(CN5CCCC5)CC4)n3)nc2c1. The third kappa shape index (κ3) is 3.87. The second kappa shape index (κ2) is 8.28. The number of halogens is 1. The van der Waals surface area contributed by atoms with Crippen LogP contribution in [0.15, 0.2) is 30.5 Å². The van der Waals surface area contributed by atoms with E-state index in [2.05, 4.69) is 26.7 Å². The maximum atomic E-state index is 6.32. The predicted molar refractivity (Wildman–Crippen MR) is 126 cm³/mol. The van der Waals surface area contributed by atoms with Crippen molar-refractivity contribution in [2.75, 3.05) is 50.8 Å². The average molecular weight is 453 g/mol. The molecule has 6 rings (SSSR count). The molecule has 3 fully saturated rings. The number of rotatable bonds is 5. The Morgan fingerprint density at radius 2 is 1.84 bits per heavy atom. The minimum absolute atomic E-state index is 0.147. The van der Waals surface area contributed by atoms with E-state index in [-0.39, 0.29) is 5.54 Å². The molecule has 0 atom stereocenters. The van der Waals surface area contributed by atoms with Gasteiger partial charge in [-0.15, -0.1) is 0 Å². The highest BCUT2D eigenvalue weighted by molar-refractivity contribution is 6.31. The molecule has 7 nitrogen and oxygen atoms in total. The first-order valence-electron chi connectivity index (χ1n) is 11.8. The first kappa shape index (κ1) is 20.4. The van der Waals surface area contributed by atoms with E-state index in [0.29, 0.717) is 17.5 Å². The number of ether oxygens (including phenoxy) is 1. The highest BCUT2D eigenvalue weighted by atomic mass is 35.5. The van der Waals surface area contributed by atoms with E-state index in [1.807, 2.05) is 18.2 Å². The number of likely N-dealkylation sites (tertiary alicyclic amines) is 1. The van der Waals surface area contributed by atoms with Gasteiger partial charge in [-0.25, -0.2) is 9.97 Å². The molecule has 2 aromatic heterocycles. The molecule has 0 spiro atoms.